The molecule has 0 bridgehead atoms. The molecular formula is C19H20N6O. The number of benzene rings is 1. The fraction of sp³-hybridized carbons (Fsp3) is 0.263. The Morgan fingerprint density at radius 2 is 1.81 bits per heavy atom. The number of carbonyl (C=O) groups is 1. The lowest BCUT2D eigenvalue weighted by atomic mass is 9.99. The molecule has 0 spiro atoms. The number of rotatable bonds is 4. The van der Waals surface area contributed by atoms with Crippen molar-refractivity contribution in [3.63, 3.8) is 0 Å². The SMILES string of the molecule is Cc1cc(C)n(-c2cc(N3CC(C(=O)Nc4ccccc4)C3)ncn2)n1. The molecule has 1 aromatic carbocycles. The molecule has 132 valence electrons. The van der Waals surface area contributed by atoms with Gasteiger partial charge < -0.3 is 10.2 Å². The highest BCUT2D eigenvalue weighted by atomic mass is 16.2. The van der Waals surface area contributed by atoms with Crippen LogP contribution in [0.4, 0.5) is 11.5 Å². The number of carbonyl (C=O) groups excluding carboxylic acids is 1. The van der Waals surface area contributed by atoms with Gasteiger partial charge in [0.05, 0.1) is 11.6 Å². The van der Waals surface area contributed by atoms with Crippen molar-refractivity contribution in [1.29, 1.82) is 0 Å². The van der Waals surface area contributed by atoms with Crippen LogP contribution in [-0.4, -0.2) is 38.7 Å². The minimum Gasteiger partial charge on any atom is -0.355 e. The second kappa shape index (κ2) is 6.59. The van der Waals surface area contributed by atoms with Gasteiger partial charge in [-0.2, -0.15) is 5.10 Å². The number of hydrogen-bond acceptors (Lipinski definition) is 5. The van der Waals surface area contributed by atoms with E-state index in [9.17, 15) is 4.79 Å². The molecule has 3 aromatic rings. The molecular weight excluding hydrogens is 328 g/mol. The van der Waals surface area contributed by atoms with E-state index in [1.54, 1.807) is 11.0 Å². The van der Waals surface area contributed by atoms with E-state index in [2.05, 4.69) is 25.3 Å². The molecule has 1 aliphatic heterocycles. The summed E-state index contributed by atoms with van der Waals surface area (Å²) in [7, 11) is 0. The highest BCUT2D eigenvalue weighted by molar-refractivity contribution is 5.94. The zero-order valence-corrected chi connectivity index (χ0v) is 14.8. The van der Waals surface area contributed by atoms with Gasteiger partial charge in [0.25, 0.3) is 0 Å². The topological polar surface area (TPSA) is 75.9 Å². The van der Waals surface area contributed by atoms with Crippen LogP contribution in [0, 0.1) is 19.8 Å². The molecule has 0 atom stereocenters. The maximum absolute atomic E-state index is 12.3. The molecule has 1 N–H and O–H groups in total. The highest BCUT2D eigenvalue weighted by Crippen LogP contribution is 2.25. The lowest BCUT2D eigenvalue weighted by Crippen LogP contribution is -2.52. The number of nitrogens with one attached hydrogen (secondary N) is 1. The van der Waals surface area contributed by atoms with E-state index in [-0.39, 0.29) is 11.8 Å². The molecule has 26 heavy (non-hydrogen) atoms. The van der Waals surface area contributed by atoms with Crippen LogP contribution in [0.3, 0.4) is 0 Å². The number of aromatic nitrogens is 4. The molecule has 0 aliphatic carbocycles. The van der Waals surface area contributed by atoms with Crippen molar-refractivity contribution in [2.24, 2.45) is 5.92 Å². The third kappa shape index (κ3) is 3.15. The molecule has 1 amide bonds. The van der Waals surface area contributed by atoms with E-state index in [4.69, 9.17) is 0 Å². The normalized spacial score (nSPS) is 14.2. The minimum atomic E-state index is -0.0395. The van der Waals surface area contributed by atoms with Crippen LogP contribution in [0.15, 0.2) is 48.8 Å². The average Bonchev–Trinajstić information content (AvgIpc) is 2.93. The van der Waals surface area contributed by atoms with Gasteiger partial charge in [0.1, 0.15) is 12.1 Å². The summed E-state index contributed by atoms with van der Waals surface area (Å²) < 4.78 is 1.81. The van der Waals surface area contributed by atoms with Crippen molar-refractivity contribution in [2.75, 3.05) is 23.3 Å². The summed E-state index contributed by atoms with van der Waals surface area (Å²) in [5, 5.41) is 7.41. The summed E-state index contributed by atoms with van der Waals surface area (Å²) >= 11 is 0. The predicted octanol–water partition coefficient (Wildman–Crippen LogP) is 2.35. The molecule has 0 radical (unpaired) electrons. The Labute approximate surface area is 151 Å². The summed E-state index contributed by atoms with van der Waals surface area (Å²) in [4.78, 5) is 23.1. The van der Waals surface area contributed by atoms with Crippen molar-refractivity contribution in [3.05, 3.63) is 60.2 Å². The Morgan fingerprint density at radius 1 is 1.08 bits per heavy atom. The minimum absolute atomic E-state index is 0.0395. The third-order valence-corrected chi connectivity index (χ3v) is 4.48. The van der Waals surface area contributed by atoms with E-state index in [1.165, 1.54) is 0 Å². The summed E-state index contributed by atoms with van der Waals surface area (Å²) in [5.74, 6) is 1.55. The summed E-state index contributed by atoms with van der Waals surface area (Å²) in [6, 6.07) is 13.4. The molecule has 2 aromatic heterocycles. The van der Waals surface area contributed by atoms with Gasteiger partial charge in [-0.15, -0.1) is 0 Å². The third-order valence-electron chi connectivity index (χ3n) is 4.48. The van der Waals surface area contributed by atoms with Gasteiger partial charge in [0.15, 0.2) is 5.82 Å². The molecule has 3 heterocycles. The van der Waals surface area contributed by atoms with Crippen LogP contribution in [0.25, 0.3) is 5.82 Å². The van der Waals surface area contributed by atoms with Crippen molar-refractivity contribution >= 4 is 17.4 Å². The van der Waals surface area contributed by atoms with Gasteiger partial charge in [-0.1, -0.05) is 18.2 Å². The molecule has 7 nitrogen and oxygen atoms in total. The van der Waals surface area contributed by atoms with Crippen molar-refractivity contribution in [2.45, 2.75) is 13.8 Å². The van der Waals surface area contributed by atoms with Crippen molar-refractivity contribution in [3.8, 4) is 5.82 Å². The zero-order valence-electron chi connectivity index (χ0n) is 14.8. The maximum Gasteiger partial charge on any atom is 0.231 e. The first-order valence-electron chi connectivity index (χ1n) is 8.57. The second-order valence-corrected chi connectivity index (χ2v) is 6.53. The summed E-state index contributed by atoms with van der Waals surface area (Å²) in [6.45, 7) is 5.24. The summed E-state index contributed by atoms with van der Waals surface area (Å²) in [5.41, 5.74) is 2.80. The van der Waals surface area contributed by atoms with Gasteiger partial charge in [-0.05, 0) is 32.0 Å². The number of hydrogen-bond donors (Lipinski definition) is 1. The largest absolute Gasteiger partial charge is 0.355 e. The van der Waals surface area contributed by atoms with Crippen LogP contribution >= 0.6 is 0 Å². The first kappa shape index (κ1) is 16.3. The molecule has 1 aliphatic rings. The number of anilines is 2. The lowest BCUT2D eigenvalue weighted by Gasteiger charge is -2.39. The molecule has 7 heteroatoms. The quantitative estimate of drug-likeness (QED) is 0.783. The molecule has 1 fully saturated rings. The van der Waals surface area contributed by atoms with Gasteiger partial charge in [0.2, 0.25) is 5.91 Å². The zero-order chi connectivity index (χ0) is 18.1. The Balaban J connectivity index is 1.42. The Hall–Kier alpha value is -3.22. The Kier molecular flexibility index (Phi) is 4.12. The van der Waals surface area contributed by atoms with Gasteiger partial charge >= 0.3 is 0 Å². The van der Waals surface area contributed by atoms with Crippen LogP contribution in [0.1, 0.15) is 11.4 Å². The fourth-order valence-corrected chi connectivity index (χ4v) is 3.08. The fourth-order valence-electron chi connectivity index (χ4n) is 3.08. The van der Waals surface area contributed by atoms with Gasteiger partial charge in [-0.25, -0.2) is 14.6 Å². The lowest BCUT2D eigenvalue weighted by molar-refractivity contribution is -0.120. The summed E-state index contributed by atoms with van der Waals surface area (Å²) in [6.07, 6.45) is 1.54. The standard InChI is InChI=1S/C19H20N6O/c1-13-8-14(2)25(23-13)18-9-17(20-12-21-18)24-10-15(11-24)19(26)22-16-6-4-3-5-7-16/h3-9,12,15H,10-11H2,1-2H3,(H,22,26). The number of amides is 1. The van der Waals surface area contributed by atoms with Gasteiger partial charge in [0, 0.05) is 30.5 Å². The second-order valence-electron chi connectivity index (χ2n) is 6.53. The van der Waals surface area contributed by atoms with E-state index in [0.717, 1.165) is 28.7 Å². The number of para-hydroxylation sites is 1. The van der Waals surface area contributed by atoms with E-state index >= 15 is 0 Å². The van der Waals surface area contributed by atoms with Crippen LogP contribution in [-0.2, 0) is 4.79 Å². The molecule has 0 unspecified atom stereocenters. The molecule has 0 saturated carbocycles. The molecule has 4 rings (SSSR count). The van der Waals surface area contributed by atoms with Crippen LogP contribution < -0.4 is 10.2 Å². The Bertz CT molecular complexity index is 930. The highest BCUT2D eigenvalue weighted by Gasteiger charge is 2.33. The number of nitrogens with zero attached hydrogens (tertiary/aromatic N) is 5. The predicted molar refractivity (Wildman–Crippen MR) is 99.4 cm³/mol. The van der Waals surface area contributed by atoms with Crippen LogP contribution in [0.2, 0.25) is 0 Å². The monoisotopic (exact) mass is 348 g/mol. The van der Waals surface area contributed by atoms with E-state index in [0.29, 0.717) is 13.1 Å². The van der Waals surface area contributed by atoms with Gasteiger partial charge in [-0.3, -0.25) is 4.79 Å². The maximum atomic E-state index is 12.3. The molecule has 1 saturated heterocycles. The smallest absolute Gasteiger partial charge is 0.231 e. The van der Waals surface area contributed by atoms with Crippen molar-refractivity contribution < 1.29 is 4.79 Å². The van der Waals surface area contributed by atoms with E-state index in [1.807, 2.05) is 56.3 Å². The van der Waals surface area contributed by atoms with E-state index < -0.39 is 0 Å². The Morgan fingerprint density at radius 3 is 2.50 bits per heavy atom. The first-order valence-corrected chi connectivity index (χ1v) is 8.57. The number of aryl methyl sites for hydroxylation is 2. The van der Waals surface area contributed by atoms with Crippen molar-refractivity contribution in [1.82, 2.24) is 19.7 Å². The first-order chi connectivity index (χ1) is 12.6. The van der Waals surface area contributed by atoms with Crippen LogP contribution in [0.5, 0.6) is 0 Å². The average molecular weight is 348 g/mol.